The zero-order valence-electron chi connectivity index (χ0n) is 11.8. The fourth-order valence-electron chi connectivity index (χ4n) is 1.94. The summed E-state index contributed by atoms with van der Waals surface area (Å²) in [5, 5.41) is 9.80. The second-order valence-electron chi connectivity index (χ2n) is 4.79. The van der Waals surface area contributed by atoms with E-state index in [1.54, 1.807) is 0 Å². The van der Waals surface area contributed by atoms with E-state index in [-0.39, 0.29) is 5.56 Å². The SMILES string of the molecule is CCCCCOc1ccc(C(O)(CC)C(F)(F)F)cc1. The van der Waals surface area contributed by atoms with Gasteiger partial charge in [0.25, 0.3) is 0 Å². The third kappa shape index (κ3) is 3.88. The second kappa shape index (κ2) is 6.97. The standard InChI is InChI=1S/C15H21F3O2/c1-3-5-6-11-20-13-9-7-12(8-10-13)14(19,4-2)15(16,17)18/h7-10,19H,3-6,11H2,1-2H3. The number of unbranched alkanes of at least 4 members (excludes halogenated alkanes) is 2. The third-order valence-electron chi connectivity index (χ3n) is 3.33. The van der Waals surface area contributed by atoms with E-state index >= 15 is 0 Å². The number of ether oxygens (including phenoxy) is 1. The number of hydrogen-bond acceptors (Lipinski definition) is 2. The van der Waals surface area contributed by atoms with E-state index in [9.17, 15) is 18.3 Å². The molecule has 0 radical (unpaired) electrons. The lowest BCUT2D eigenvalue weighted by Crippen LogP contribution is -2.41. The fraction of sp³-hybridized carbons (Fsp3) is 0.600. The molecule has 0 aliphatic rings. The van der Waals surface area contributed by atoms with E-state index in [1.165, 1.54) is 31.2 Å². The number of rotatable bonds is 7. The van der Waals surface area contributed by atoms with E-state index < -0.39 is 18.2 Å². The van der Waals surface area contributed by atoms with Crippen LogP contribution in [0.5, 0.6) is 5.75 Å². The van der Waals surface area contributed by atoms with Crippen LogP contribution < -0.4 is 4.74 Å². The highest BCUT2D eigenvalue weighted by molar-refractivity contribution is 5.31. The lowest BCUT2D eigenvalue weighted by Gasteiger charge is -2.29. The van der Waals surface area contributed by atoms with Gasteiger partial charge in [-0.3, -0.25) is 0 Å². The van der Waals surface area contributed by atoms with E-state index in [1.807, 2.05) is 0 Å². The molecule has 20 heavy (non-hydrogen) atoms. The number of aliphatic hydroxyl groups is 1. The Kier molecular flexibility index (Phi) is 5.87. The molecule has 114 valence electrons. The van der Waals surface area contributed by atoms with E-state index in [0.717, 1.165) is 19.3 Å². The van der Waals surface area contributed by atoms with Crippen molar-refractivity contribution in [2.45, 2.75) is 51.3 Å². The van der Waals surface area contributed by atoms with Crippen molar-refractivity contribution in [2.75, 3.05) is 6.61 Å². The molecule has 1 aromatic rings. The summed E-state index contributed by atoms with van der Waals surface area (Å²) < 4.78 is 44.1. The maximum absolute atomic E-state index is 12.9. The summed E-state index contributed by atoms with van der Waals surface area (Å²) in [4.78, 5) is 0. The van der Waals surface area contributed by atoms with Gasteiger partial charge >= 0.3 is 6.18 Å². The Morgan fingerprint density at radius 2 is 1.65 bits per heavy atom. The molecule has 1 unspecified atom stereocenters. The smallest absolute Gasteiger partial charge is 0.421 e. The van der Waals surface area contributed by atoms with E-state index in [4.69, 9.17) is 4.74 Å². The molecule has 0 heterocycles. The predicted octanol–water partition coefficient (Wildman–Crippen LogP) is 4.42. The predicted molar refractivity (Wildman–Crippen MR) is 71.7 cm³/mol. The summed E-state index contributed by atoms with van der Waals surface area (Å²) in [5.74, 6) is 0.519. The highest BCUT2D eigenvalue weighted by atomic mass is 19.4. The molecule has 0 aliphatic carbocycles. The summed E-state index contributed by atoms with van der Waals surface area (Å²) in [7, 11) is 0. The largest absolute Gasteiger partial charge is 0.494 e. The minimum absolute atomic E-state index is 0.159. The topological polar surface area (TPSA) is 29.5 Å². The minimum atomic E-state index is -4.69. The normalized spacial score (nSPS) is 14.9. The van der Waals surface area contributed by atoms with E-state index in [0.29, 0.717) is 12.4 Å². The first-order valence-corrected chi connectivity index (χ1v) is 6.87. The second-order valence-corrected chi connectivity index (χ2v) is 4.79. The number of alkyl halides is 3. The van der Waals surface area contributed by atoms with Gasteiger partial charge in [0.15, 0.2) is 5.60 Å². The van der Waals surface area contributed by atoms with Crippen molar-refractivity contribution in [2.24, 2.45) is 0 Å². The summed E-state index contributed by atoms with van der Waals surface area (Å²) in [6, 6.07) is 5.47. The van der Waals surface area contributed by atoms with Gasteiger partial charge in [-0.1, -0.05) is 38.8 Å². The minimum Gasteiger partial charge on any atom is -0.494 e. The lowest BCUT2D eigenvalue weighted by molar-refractivity contribution is -0.267. The first kappa shape index (κ1) is 16.8. The van der Waals surface area contributed by atoms with Crippen molar-refractivity contribution >= 4 is 0 Å². The summed E-state index contributed by atoms with van der Waals surface area (Å²) in [6.07, 6.45) is -2.06. The molecule has 0 saturated carbocycles. The number of halogens is 3. The van der Waals surface area contributed by atoms with Crippen molar-refractivity contribution in [3.63, 3.8) is 0 Å². The summed E-state index contributed by atoms with van der Waals surface area (Å²) >= 11 is 0. The maximum Gasteiger partial charge on any atom is 0.421 e. The molecular weight excluding hydrogens is 269 g/mol. The molecule has 0 saturated heterocycles. The van der Waals surface area contributed by atoms with E-state index in [2.05, 4.69) is 6.92 Å². The van der Waals surface area contributed by atoms with Crippen LogP contribution in [0.2, 0.25) is 0 Å². The monoisotopic (exact) mass is 290 g/mol. The van der Waals surface area contributed by atoms with Crippen LogP contribution >= 0.6 is 0 Å². The Hall–Kier alpha value is -1.23. The van der Waals surface area contributed by atoms with Gasteiger partial charge in [0, 0.05) is 0 Å². The van der Waals surface area contributed by atoms with Gasteiger partial charge in [-0.05, 0) is 30.5 Å². The van der Waals surface area contributed by atoms with Crippen molar-refractivity contribution in [3.8, 4) is 5.75 Å². The van der Waals surface area contributed by atoms with Crippen LogP contribution in [0.4, 0.5) is 13.2 Å². The average Bonchev–Trinajstić information content (AvgIpc) is 2.42. The Bertz CT molecular complexity index is 401. The fourth-order valence-corrected chi connectivity index (χ4v) is 1.94. The Morgan fingerprint density at radius 1 is 1.05 bits per heavy atom. The van der Waals surface area contributed by atoms with Crippen LogP contribution in [0.25, 0.3) is 0 Å². The van der Waals surface area contributed by atoms with Gasteiger partial charge in [-0.2, -0.15) is 13.2 Å². The maximum atomic E-state index is 12.9. The molecule has 0 amide bonds. The highest BCUT2D eigenvalue weighted by Gasteiger charge is 2.53. The van der Waals surface area contributed by atoms with Gasteiger partial charge in [0.2, 0.25) is 0 Å². The lowest BCUT2D eigenvalue weighted by atomic mass is 9.90. The van der Waals surface area contributed by atoms with Crippen molar-refractivity contribution in [1.29, 1.82) is 0 Å². The van der Waals surface area contributed by atoms with Gasteiger partial charge < -0.3 is 9.84 Å². The highest BCUT2D eigenvalue weighted by Crippen LogP contribution is 2.41. The molecule has 5 heteroatoms. The van der Waals surface area contributed by atoms with Crippen molar-refractivity contribution in [1.82, 2.24) is 0 Å². The van der Waals surface area contributed by atoms with Gasteiger partial charge in [0.05, 0.1) is 6.61 Å². The zero-order valence-corrected chi connectivity index (χ0v) is 11.8. The molecule has 1 aromatic carbocycles. The molecule has 0 aromatic heterocycles. The molecule has 0 fully saturated rings. The number of benzene rings is 1. The van der Waals surface area contributed by atoms with Crippen LogP contribution in [0.15, 0.2) is 24.3 Å². The molecule has 0 aliphatic heterocycles. The van der Waals surface area contributed by atoms with Gasteiger partial charge in [-0.15, -0.1) is 0 Å². The molecule has 1 N–H and O–H groups in total. The van der Waals surface area contributed by atoms with Crippen LogP contribution in [0.3, 0.4) is 0 Å². The molecule has 1 rings (SSSR count). The summed E-state index contributed by atoms with van der Waals surface area (Å²) in [5.41, 5.74) is -2.96. The van der Waals surface area contributed by atoms with Crippen molar-refractivity contribution < 1.29 is 23.0 Å². The van der Waals surface area contributed by atoms with Gasteiger partial charge in [-0.25, -0.2) is 0 Å². The third-order valence-corrected chi connectivity index (χ3v) is 3.33. The van der Waals surface area contributed by atoms with Crippen LogP contribution in [0.1, 0.15) is 45.1 Å². The Balaban J connectivity index is 2.75. The van der Waals surface area contributed by atoms with Crippen LogP contribution in [-0.2, 0) is 5.60 Å². The molecule has 0 spiro atoms. The quantitative estimate of drug-likeness (QED) is 0.753. The first-order chi connectivity index (χ1) is 9.35. The molecule has 0 bridgehead atoms. The van der Waals surface area contributed by atoms with Gasteiger partial charge in [0.1, 0.15) is 5.75 Å². The summed E-state index contributed by atoms with van der Waals surface area (Å²) in [6.45, 7) is 3.94. The number of hydrogen-bond donors (Lipinski definition) is 1. The Labute approximate surface area is 117 Å². The average molecular weight is 290 g/mol. The van der Waals surface area contributed by atoms with Crippen LogP contribution in [-0.4, -0.2) is 17.9 Å². The zero-order chi connectivity index (χ0) is 15.2. The molecular formula is C15H21F3O2. The van der Waals surface area contributed by atoms with Crippen molar-refractivity contribution in [3.05, 3.63) is 29.8 Å². The molecule has 2 nitrogen and oxygen atoms in total. The molecule has 1 atom stereocenters. The first-order valence-electron chi connectivity index (χ1n) is 6.87. The Morgan fingerprint density at radius 3 is 2.10 bits per heavy atom. The van der Waals surface area contributed by atoms with Crippen LogP contribution in [0, 0.1) is 0 Å².